The first-order chi connectivity index (χ1) is 12.2. The summed E-state index contributed by atoms with van der Waals surface area (Å²) in [6.07, 6.45) is 4.14. The lowest BCUT2D eigenvalue weighted by Gasteiger charge is -2.24. The third-order valence-corrected chi connectivity index (χ3v) is 6.42. The predicted molar refractivity (Wildman–Crippen MR) is 98.7 cm³/mol. The highest BCUT2D eigenvalue weighted by Crippen LogP contribution is 2.35. The summed E-state index contributed by atoms with van der Waals surface area (Å²) in [6.45, 7) is 6.10. The van der Waals surface area contributed by atoms with Crippen molar-refractivity contribution in [3.8, 4) is 0 Å². The zero-order valence-corrected chi connectivity index (χ0v) is 15.5. The number of halogens is 1. The number of ether oxygens (including phenoxy) is 1. The van der Waals surface area contributed by atoms with E-state index in [0.29, 0.717) is 24.7 Å². The molecule has 136 valence electrons. The van der Waals surface area contributed by atoms with E-state index in [0.717, 1.165) is 36.8 Å². The molecule has 4 rings (SSSR count). The average molecular weight is 363 g/mol. The Balaban J connectivity index is 1.29. The molecular weight excluding hydrogens is 336 g/mol. The monoisotopic (exact) mass is 362 g/mol. The van der Waals surface area contributed by atoms with Crippen LogP contribution in [0, 0.1) is 11.8 Å². The largest absolute Gasteiger partial charge is 0.376 e. The van der Waals surface area contributed by atoms with Gasteiger partial charge >= 0.3 is 0 Å². The molecule has 3 fully saturated rings. The number of fused-ring (bicyclic) bond motifs is 1. The molecule has 3 aliphatic heterocycles. The number of benzene rings is 1. The van der Waals surface area contributed by atoms with Crippen molar-refractivity contribution in [1.82, 2.24) is 9.80 Å². The van der Waals surface area contributed by atoms with Gasteiger partial charge in [-0.05, 0) is 44.0 Å². The van der Waals surface area contributed by atoms with E-state index in [1.54, 1.807) is 0 Å². The van der Waals surface area contributed by atoms with Crippen LogP contribution in [0.4, 0.5) is 0 Å². The van der Waals surface area contributed by atoms with E-state index in [2.05, 4.69) is 4.90 Å². The number of carbonyl (C=O) groups is 1. The van der Waals surface area contributed by atoms with E-state index in [1.165, 1.54) is 25.9 Å². The standard InChI is InChI=1S/C20H27ClN2O2/c21-18-6-2-1-5-15(18)7-8-20(24)23-12-17-16(14-25-19(17)13-23)11-22-9-3-4-10-22/h1-2,5-6,16-17,19H,3-4,7-14H2/t16-,17-,19-/m1/s1. The summed E-state index contributed by atoms with van der Waals surface area (Å²) < 4.78 is 6.02. The second-order valence-electron chi connectivity index (χ2n) is 7.69. The van der Waals surface area contributed by atoms with Gasteiger partial charge in [-0.2, -0.15) is 0 Å². The minimum Gasteiger partial charge on any atom is -0.376 e. The Bertz CT molecular complexity index is 617. The fourth-order valence-electron chi connectivity index (χ4n) is 4.59. The number of likely N-dealkylation sites (tertiary alicyclic amines) is 2. The molecule has 1 aromatic rings. The summed E-state index contributed by atoms with van der Waals surface area (Å²) in [4.78, 5) is 17.2. The number of aryl methyl sites for hydroxylation is 1. The van der Waals surface area contributed by atoms with Gasteiger partial charge < -0.3 is 14.5 Å². The molecule has 5 heteroatoms. The number of nitrogens with zero attached hydrogens (tertiary/aromatic N) is 2. The minimum absolute atomic E-state index is 0.234. The van der Waals surface area contributed by atoms with Crippen LogP contribution < -0.4 is 0 Å². The maximum Gasteiger partial charge on any atom is 0.223 e. The van der Waals surface area contributed by atoms with Crippen LogP contribution in [-0.2, 0) is 16.0 Å². The van der Waals surface area contributed by atoms with Crippen molar-refractivity contribution in [2.75, 3.05) is 39.3 Å². The van der Waals surface area contributed by atoms with Gasteiger partial charge in [0.05, 0.1) is 12.7 Å². The maximum absolute atomic E-state index is 12.6. The Hall–Kier alpha value is -1.10. The summed E-state index contributed by atoms with van der Waals surface area (Å²) in [6, 6.07) is 7.79. The molecule has 25 heavy (non-hydrogen) atoms. The van der Waals surface area contributed by atoms with Gasteiger partial charge in [-0.15, -0.1) is 0 Å². The summed E-state index contributed by atoms with van der Waals surface area (Å²) in [5.41, 5.74) is 1.06. The molecule has 3 atom stereocenters. The van der Waals surface area contributed by atoms with Crippen molar-refractivity contribution >= 4 is 17.5 Å². The molecular formula is C20H27ClN2O2. The number of rotatable bonds is 5. The molecule has 4 nitrogen and oxygen atoms in total. The van der Waals surface area contributed by atoms with E-state index in [4.69, 9.17) is 16.3 Å². The Labute approximate surface area is 155 Å². The second-order valence-corrected chi connectivity index (χ2v) is 8.10. The highest BCUT2D eigenvalue weighted by Gasteiger charge is 2.45. The van der Waals surface area contributed by atoms with Gasteiger partial charge in [0, 0.05) is 42.9 Å². The van der Waals surface area contributed by atoms with E-state index < -0.39 is 0 Å². The van der Waals surface area contributed by atoms with Crippen LogP contribution in [0.1, 0.15) is 24.8 Å². The van der Waals surface area contributed by atoms with Crippen molar-refractivity contribution in [3.05, 3.63) is 34.9 Å². The Morgan fingerprint density at radius 1 is 1.20 bits per heavy atom. The lowest BCUT2D eigenvalue weighted by Crippen LogP contribution is -2.34. The summed E-state index contributed by atoms with van der Waals surface area (Å²) >= 11 is 6.20. The first-order valence-corrected chi connectivity index (χ1v) is 9.93. The molecule has 1 amide bonds. The maximum atomic E-state index is 12.6. The Morgan fingerprint density at radius 3 is 2.80 bits per heavy atom. The van der Waals surface area contributed by atoms with Crippen LogP contribution >= 0.6 is 11.6 Å². The van der Waals surface area contributed by atoms with Crippen LogP contribution in [0.2, 0.25) is 5.02 Å². The lowest BCUT2D eigenvalue weighted by molar-refractivity contribution is -0.130. The Morgan fingerprint density at radius 2 is 2.00 bits per heavy atom. The van der Waals surface area contributed by atoms with Gasteiger partial charge in [0.1, 0.15) is 0 Å². The number of carbonyl (C=O) groups excluding carboxylic acids is 1. The quantitative estimate of drug-likeness (QED) is 0.807. The predicted octanol–water partition coefficient (Wildman–Crippen LogP) is 2.84. The number of hydrogen-bond donors (Lipinski definition) is 0. The van der Waals surface area contributed by atoms with Gasteiger partial charge in [-0.1, -0.05) is 29.8 Å². The van der Waals surface area contributed by atoms with Crippen LogP contribution in [0.5, 0.6) is 0 Å². The smallest absolute Gasteiger partial charge is 0.223 e. The highest BCUT2D eigenvalue weighted by atomic mass is 35.5. The van der Waals surface area contributed by atoms with Crippen LogP contribution in [0.25, 0.3) is 0 Å². The SMILES string of the molecule is O=C(CCc1ccccc1Cl)N1C[C@@H]2[C@H](CN3CCCC3)CO[C@@H]2C1. The molecule has 0 spiro atoms. The lowest BCUT2D eigenvalue weighted by atomic mass is 9.93. The molecule has 3 saturated heterocycles. The van der Waals surface area contributed by atoms with Gasteiger partial charge in [0.2, 0.25) is 5.91 Å². The normalized spacial score (nSPS) is 29.3. The van der Waals surface area contributed by atoms with Crippen molar-refractivity contribution in [2.45, 2.75) is 31.8 Å². The van der Waals surface area contributed by atoms with E-state index >= 15 is 0 Å². The minimum atomic E-state index is 0.234. The van der Waals surface area contributed by atoms with Crippen molar-refractivity contribution in [3.63, 3.8) is 0 Å². The average Bonchev–Trinajstić information content (AvgIpc) is 3.33. The van der Waals surface area contributed by atoms with Crippen LogP contribution in [0.15, 0.2) is 24.3 Å². The molecule has 0 unspecified atom stereocenters. The molecule has 0 N–H and O–H groups in total. The van der Waals surface area contributed by atoms with Crippen LogP contribution in [0.3, 0.4) is 0 Å². The van der Waals surface area contributed by atoms with Gasteiger partial charge in [-0.25, -0.2) is 0 Å². The zero-order chi connectivity index (χ0) is 17.2. The summed E-state index contributed by atoms with van der Waals surface area (Å²) in [5.74, 6) is 1.34. The molecule has 0 bridgehead atoms. The van der Waals surface area contributed by atoms with Gasteiger partial charge in [0.25, 0.3) is 0 Å². The van der Waals surface area contributed by atoms with Gasteiger partial charge in [-0.3, -0.25) is 4.79 Å². The topological polar surface area (TPSA) is 32.8 Å². The molecule has 3 aliphatic rings. The molecule has 3 heterocycles. The van der Waals surface area contributed by atoms with Crippen molar-refractivity contribution < 1.29 is 9.53 Å². The number of hydrogen-bond acceptors (Lipinski definition) is 3. The van der Waals surface area contributed by atoms with E-state index in [9.17, 15) is 4.79 Å². The Kier molecular flexibility index (Phi) is 5.30. The summed E-state index contributed by atoms with van der Waals surface area (Å²) in [7, 11) is 0. The van der Waals surface area contributed by atoms with Crippen LogP contribution in [-0.4, -0.2) is 61.1 Å². The molecule has 1 aromatic carbocycles. The fourth-order valence-corrected chi connectivity index (χ4v) is 4.82. The molecule has 0 radical (unpaired) electrons. The highest BCUT2D eigenvalue weighted by molar-refractivity contribution is 6.31. The first-order valence-electron chi connectivity index (χ1n) is 9.56. The molecule has 0 saturated carbocycles. The molecule has 0 aliphatic carbocycles. The fraction of sp³-hybridized carbons (Fsp3) is 0.650. The van der Waals surface area contributed by atoms with E-state index in [1.807, 2.05) is 29.2 Å². The third-order valence-electron chi connectivity index (χ3n) is 6.05. The summed E-state index contributed by atoms with van der Waals surface area (Å²) in [5, 5.41) is 0.752. The van der Waals surface area contributed by atoms with Crippen molar-refractivity contribution in [1.29, 1.82) is 0 Å². The zero-order valence-electron chi connectivity index (χ0n) is 14.7. The first kappa shape index (κ1) is 17.3. The van der Waals surface area contributed by atoms with E-state index in [-0.39, 0.29) is 12.0 Å². The van der Waals surface area contributed by atoms with Crippen molar-refractivity contribution in [2.24, 2.45) is 11.8 Å². The molecule has 0 aromatic heterocycles. The number of amides is 1. The third kappa shape index (κ3) is 3.86. The van der Waals surface area contributed by atoms with Gasteiger partial charge in [0.15, 0.2) is 0 Å². The second kappa shape index (κ2) is 7.65.